The van der Waals surface area contributed by atoms with Crippen LogP contribution in [0.15, 0.2) is 42.5 Å². The summed E-state index contributed by atoms with van der Waals surface area (Å²) in [5.74, 6) is 0. The molecule has 0 fully saturated rings. The quantitative estimate of drug-likeness (QED) is 0.681. The van der Waals surface area contributed by atoms with E-state index in [1.54, 1.807) is 0 Å². The van der Waals surface area contributed by atoms with Gasteiger partial charge in [0, 0.05) is 8.59 Å². The van der Waals surface area contributed by atoms with E-state index >= 15 is 0 Å². The summed E-state index contributed by atoms with van der Waals surface area (Å²) >= 11 is 8.52. The molecule has 2 rings (SSSR count). The number of hydrogen-bond acceptors (Lipinski definition) is 1. The van der Waals surface area contributed by atoms with Crippen molar-refractivity contribution in [3.8, 4) is 0 Å². The normalized spacial score (nSPS) is 12.4. The van der Waals surface area contributed by atoms with Gasteiger partial charge in [-0.3, -0.25) is 0 Å². The molecular formula is C17H19ClIN. The smallest absolute Gasteiger partial charge is 0.0585 e. The third-order valence-corrected chi connectivity index (χ3v) is 4.60. The molecule has 1 atom stereocenters. The average molecular weight is 400 g/mol. The van der Waals surface area contributed by atoms with Crippen LogP contribution >= 0.6 is 34.2 Å². The molecule has 0 heterocycles. The van der Waals surface area contributed by atoms with Crippen LogP contribution in [-0.2, 0) is 6.42 Å². The second kappa shape index (κ2) is 7.43. The van der Waals surface area contributed by atoms with Crippen LogP contribution in [0.25, 0.3) is 0 Å². The number of halogens is 2. The van der Waals surface area contributed by atoms with Crippen molar-refractivity contribution in [3.63, 3.8) is 0 Å². The number of nitrogens with one attached hydrogen (secondary N) is 1. The predicted molar refractivity (Wildman–Crippen MR) is 95.5 cm³/mol. The van der Waals surface area contributed by atoms with Gasteiger partial charge in [0.25, 0.3) is 0 Å². The maximum Gasteiger partial charge on any atom is 0.0585 e. The van der Waals surface area contributed by atoms with Crippen LogP contribution in [0.3, 0.4) is 0 Å². The standard InChI is InChI=1S/C17H19ClIN/c1-3-5-12-6-4-7-13(10-12)17(20-2)15-11-14(18)8-9-16(15)19/h4,6-11,17,20H,3,5H2,1-2H3. The maximum atomic E-state index is 6.16. The molecule has 0 aromatic heterocycles. The van der Waals surface area contributed by atoms with Crippen molar-refractivity contribution in [3.05, 3.63) is 67.7 Å². The van der Waals surface area contributed by atoms with Crippen LogP contribution in [0.1, 0.15) is 36.1 Å². The topological polar surface area (TPSA) is 12.0 Å². The molecule has 106 valence electrons. The fourth-order valence-electron chi connectivity index (χ4n) is 2.45. The average Bonchev–Trinajstić information content (AvgIpc) is 2.44. The van der Waals surface area contributed by atoms with Gasteiger partial charge in [0.15, 0.2) is 0 Å². The Morgan fingerprint density at radius 2 is 2.00 bits per heavy atom. The van der Waals surface area contributed by atoms with Gasteiger partial charge in [-0.15, -0.1) is 0 Å². The molecule has 1 N–H and O–H groups in total. The molecule has 0 aliphatic rings. The van der Waals surface area contributed by atoms with E-state index < -0.39 is 0 Å². The minimum Gasteiger partial charge on any atom is -0.309 e. The Morgan fingerprint density at radius 1 is 1.20 bits per heavy atom. The first-order valence-electron chi connectivity index (χ1n) is 6.86. The van der Waals surface area contributed by atoms with E-state index in [2.05, 4.69) is 71.2 Å². The zero-order chi connectivity index (χ0) is 14.5. The monoisotopic (exact) mass is 399 g/mol. The Labute approximate surface area is 139 Å². The van der Waals surface area contributed by atoms with Crippen molar-refractivity contribution in [2.75, 3.05) is 7.05 Å². The molecule has 0 saturated heterocycles. The summed E-state index contributed by atoms with van der Waals surface area (Å²) in [6, 6.07) is 15.0. The Bertz CT molecular complexity index is 583. The predicted octanol–water partition coefficient (Wildman–Crippen LogP) is 5.21. The van der Waals surface area contributed by atoms with Gasteiger partial charge < -0.3 is 5.32 Å². The van der Waals surface area contributed by atoms with E-state index in [0.29, 0.717) is 0 Å². The van der Waals surface area contributed by atoms with Crippen LogP contribution in [0.4, 0.5) is 0 Å². The summed E-state index contributed by atoms with van der Waals surface area (Å²) in [6.45, 7) is 2.21. The highest BCUT2D eigenvalue weighted by Crippen LogP contribution is 2.29. The zero-order valence-corrected chi connectivity index (χ0v) is 14.7. The fraction of sp³-hybridized carbons (Fsp3) is 0.294. The lowest BCUT2D eigenvalue weighted by Gasteiger charge is -2.20. The lowest BCUT2D eigenvalue weighted by molar-refractivity contribution is 0.687. The van der Waals surface area contributed by atoms with Gasteiger partial charge in [-0.2, -0.15) is 0 Å². The number of aryl methyl sites for hydroxylation is 1. The first-order chi connectivity index (χ1) is 9.65. The van der Waals surface area contributed by atoms with Crippen molar-refractivity contribution in [1.29, 1.82) is 0 Å². The molecular weight excluding hydrogens is 381 g/mol. The Morgan fingerprint density at radius 3 is 2.70 bits per heavy atom. The van der Waals surface area contributed by atoms with Crippen molar-refractivity contribution in [2.24, 2.45) is 0 Å². The third-order valence-electron chi connectivity index (χ3n) is 3.38. The number of rotatable bonds is 5. The number of hydrogen-bond donors (Lipinski definition) is 1. The Hall–Kier alpha value is -0.580. The highest BCUT2D eigenvalue weighted by molar-refractivity contribution is 14.1. The molecule has 2 aromatic carbocycles. The van der Waals surface area contributed by atoms with Crippen molar-refractivity contribution < 1.29 is 0 Å². The summed E-state index contributed by atoms with van der Waals surface area (Å²) in [5, 5.41) is 4.19. The minimum absolute atomic E-state index is 0.178. The first-order valence-corrected chi connectivity index (χ1v) is 8.32. The lowest BCUT2D eigenvalue weighted by Crippen LogP contribution is -2.19. The van der Waals surface area contributed by atoms with Gasteiger partial charge in [0.1, 0.15) is 0 Å². The molecule has 0 aliphatic heterocycles. The van der Waals surface area contributed by atoms with Gasteiger partial charge in [0.05, 0.1) is 6.04 Å². The molecule has 1 nitrogen and oxygen atoms in total. The van der Waals surface area contributed by atoms with Crippen LogP contribution < -0.4 is 5.32 Å². The van der Waals surface area contributed by atoms with E-state index in [9.17, 15) is 0 Å². The van der Waals surface area contributed by atoms with Gasteiger partial charge in [0.2, 0.25) is 0 Å². The lowest BCUT2D eigenvalue weighted by atomic mass is 9.96. The van der Waals surface area contributed by atoms with Crippen LogP contribution in [0.5, 0.6) is 0 Å². The molecule has 0 aliphatic carbocycles. The van der Waals surface area contributed by atoms with E-state index in [-0.39, 0.29) is 6.04 Å². The summed E-state index contributed by atoms with van der Waals surface area (Å²) in [4.78, 5) is 0. The van der Waals surface area contributed by atoms with Gasteiger partial charge in [-0.05, 0) is 70.9 Å². The Kier molecular flexibility index (Phi) is 5.87. The van der Waals surface area contributed by atoms with E-state index in [4.69, 9.17) is 11.6 Å². The molecule has 0 spiro atoms. The highest BCUT2D eigenvalue weighted by Gasteiger charge is 2.15. The molecule has 1 unspecified atom stereocenters. The van der Waals surface area contributed by atoms with Crippen molar-refractivity contribution in [1.82, 2.24) is 5.32 Å². The summed E-state index contributed by atoms with van der Waals surface area (Å²) < 4.78 is 1.23. The van der Waals surface area contributed by atoms with E-state index in [1.807, 2.05) is 13.1 Å². The zero-order valence-electron chi connectivity index (χ0n) is 11.8. The minimum atomic E-state index is 0.178. The van der Waals surface area contributed by atoms with Crippen molar-refractivity contribution >= 4 is 34.2 Å². The van der Waals surface area contributed by atoms with Gasteiger partial charge in [-0.25, -0.2) is 0 Å². The molecule has 20 heavy (non-hydrogen) atoms. The second-order valence-electron chi connectivity index (χ2n) is 4.88. The second-order valence-corrected chi connectivity index (χ2v) is 6.48. The summed E-state index contributed by atoms with van der Waals surface area (Å²) in [7, 11) is 1.99. The van der Waals surface area contributed by atoms with Crippen molar-refractivity contribution in [2.45, 2.75) is 25.8 Å². The number of benzene rings is 2. The summed E-state index contributed by atoms with van der Waals surface area (Å²) in [5.41, 5.74) is 3.91. The van der Waals surface area contributed by atoms with Crippen LogP contribution in [0.2, 0.25) is 5.02 Å². The van der Waals surface area contributed by atoms with Gasteiger partial charge in [-0.1, -0.05) is 49.2 Å². The largest absolute Gasteiger partial charge is 0.309 e. The van der Waals surface area contributed by atoms with Gasteiger partial charge >= 0.3 is 0 Å². The molecule has 0 amide bonds. The highest BCUT2D eigenvalue weighted by atomic mass is 127. The molecule has 2 aromatic rings. The first kappa shape index (κ1) is 15.8. The third kappa shape index (κ3) is 3.74. The van der Waals surface area contributed by atoms with Crippen LogP contribution in [-0.4, -0.2) is 7.05 Å². The molecule has 0 radical (unpaired) electrons. The molecule has 0 saturated carbocycles. The molecule has 0 bridgehead atoms. The fourth-order valence-corrected chi connectivity index (χ4v) is 3.28. The van der Waals surface area contributed by atoms with E-state index in [0.717, 1.165) is 11.4 Å². The maximum absolute atomic E-state index is 6.16. The summed E-state index contributed by atoms with van der Waals surface area (Å²) in [6.07, 6.45) is 2.29. The SMILES string of the molecule is CCCc1cccc(C(NC)c2cc(Cl)ccc2I)c1. The van der Waals surface area contributed by atoms with Crippen LogP contribution in [0, 0.1) is 3.57 Å². The Balaban J connectivity index is 2.41. The molecule has 3 heteroatoms. The van der Waals surface area contributed by atoms with E-state index in [1.165, 1.54) is 26.7 Å².